The maximum absolute atomic E-state index is 10.7. The van der Waals surface area contributed by atoms with Gasteiger partial charge in [0.25, 0.3) is 0 Å². The summed E-state index contributed by atoms with van der Waals surface area (Å²) in [5, 5.41) is 206. The van der Waals surface area contributed by atoms with Crippen LogP contribution in [0.2, 0.25) is 0 Å². The van der Waals surface area contributed by atoms with E-state index in [0.29, 0.717) is 0 Å². The molecule has 20 N–H and O–H groups in total. The van der Waals surface area contributed by atoms with Crippen molar-refractivity contribution < 1.29 is 154 Å². The molecule has 0 aromatic rings. The van der Waals surface area contributed by atoms with Gasteiger partial charge in [-0.3, -0.25) is 0 Å². The van der Waals surface area contributed by atoms with Gasteiger partial charge in [-0.25, -0.2) is 0 Å². The third-order valence-corrected chi connectivity index (χ3v) is 12.3. The Bertz CT molecular complexity index is 1510. The Morgan fingerprint density at radius 3 is 0.657 bits per heavy atom. The van der Waals surface area contributed by atoms with E-state index in [1.165, 1.54) is 0 Å². The van der Waals surface area contributed by atoms with Crippen LogP contribution in [0.5, 0.6) is 0 Å². The first kappa shape index (κ1) is 55.1. The van der Waals surface area contributed by atoms with Crippen molar-refractivity contribution in [3.63, 3.8) is 0 Å². The Balaban J connectivity index is 1.01. The van der Waals surface area contributed by atoms with E-state index < -0.39 is 224 Å². The molecule has 31 nitrogen and oxygen atoms in total. The van der Waals surface area contributed by atoms with E-state index in [2.05, 4.69) is 0 Å². The fourth-order valence-electron chi connectivity index (χ4n) is 7.99. The molecule has 31 heteroatoms. The smallest absolute Gasteiger partial charge is 0.186 e. The van der Waals surface area contributed by atoms with Crippen LogP contribution in [0.3, 0.4) is 0 Å². The summed E-state index contributed by atoms with van der Waals surface area (Å²) < 4.78 is 59.7. The first-order valence-electron chi connectivity index (χ1n) is 21.1. The topological polar surface area (TPSA) is 506 Å². The standard InChI is InChI=1S/C36H62O31/c37-1-7-13(38)20(45)26(51)32(63-7)58-3-9-15(40)22(47)28(53)34(65-9)60-5-11-17(42)24(49)30(55)36(67-11)61-6-12-18(43)23(48)29(54)35(66-12)59-4-10-16(41)21(46)27(52)33(64-10)57-2-8-14(39)19(44)25(50)31(56)62-8/h7-56H,1-6H2/t7-,8-,9-,10-,11-,12-,13+,14-,15+,16+,17+,18+,19+,20+,21+,22+,23+,24+,25-,26-,27-,28-,29-,30-,31+,32-,33+,34+,35+,36+/m1/s1. The van der Waals surface area contributed by atoms with E-state index in [-0.39, 0.29) is 0 Å². The van der Waals surface area contributed by atoms with Crippen LogP contribution in [0.1, 0.15) is 0 Å². The van der Waals surface area contributed by atoms with Crippen molar-refractivity contribution in [2.45, 2.75) is 184 Å². The van der Waals surface area contributed by atoms with E-state index in [0.717, 1.165) is 0 Å². The van der Waals surface area contributed by atoms with Crippen molar-refractivity contribution in [3.8, 4) is 0 Å². The first-order chi connectivity index (χ1) is 31.6. The third kappa shape index (κ3) is 12.0. The van der Waals surface area contributed by atoms with E-state index >= 15 is 0 Å². The number of ether oxygens (including phenoxy) is 11. The molecule has 0 spiro atoms. The molecule has 0 bridgehead atoms. The van der Waals surface area contributed by atoms with Crippen molar-refractivity contribution in [2.75, 3.05) is 39.6 Å². The molecule has 6 saturated heterocycles. The number of rotatable bonds is 16. The SMILES string of the molecule is OC[C@H]1O[C@@H](OC[C@H]2O[C@H](OC[C@H]3O[C@H](OC[C@H]4O[C@H](OC[C@H]5O[C@H](OC[C@H]6O[C@H](O)[C@H](O)[C@@H](O)[C@@H]6O)[C@H](O)[C@@H](O)[C@H]5O)[C@H](O)[C@@H](O)[C@H]4O)[C@H](O)[C@@H](O)[C@H]3O)[C@H](O)[C@@H](O)[C@H]2O)[C@H](O)[C@@H](O)[C@H]1O. The van der Waals surface area contributed by atoms with Gasteiger partial charge in [0.1, 0.15) is 146 Å². The summed E-state index contributed by atoms with van der Waals surface area (Å²) >= 11 is 0. The van der Waals surface area contributed by atoms with Crippen LogP contribution in [-0.2, 0) is 52.1 Å². The summed E-state index contributed by atoms with van der Waals surface area (Å²) in [5.74, 6) is 0. The second-order valence-electron chi connectivity index (χ2n) is 17.0. The van der Waals surface area contributed by atoms with Crippen molar-refractivity contribution >= 4 is 0 Å². The van der Waals surface area contributed by atoms with Gasteiger partial charge in [0, 0.05) is 0 Å². The van der Waals surface area contributed by atoms with Gasteiger partial charge in [-0.05, 0) is 0 Å². The van der Waals surface area contributed by atoms with Gasteiger partial charge in [-0.1, -0.05) is 0 Å². The highest BCUT2D eigenvalue weighted by molar-refractivity contribution is 4.96. The molecular weight excluding hydrogens is 928 g/mol. The molecule has 6 aliphatic rings. The Morgan fingerprint density at radius 2 is 0.418 bits per heavy atom. The summed E-state index contributed by atoms with van der Waals surface area (Å²) in [6, 6.07) is 0. The maximum Gasteiger partial charge on any atom is 0.186 e. The van der Waals surface area contributed by atoms with Crippen molar-refractivity contribution in [1.29, 1.82) is 0 Å². The maximum atomic E-state index is 10.7. The van der Waals surface area contributed by atoms with Crippen LogP contribution in [-0.4, -0.2) is 326 Å². The monoisotopic (exact) mass is 990 g/mol. The van der Waals surface area contributed by atoms with Crippen LogP contribution < -0.4 is 0 Å². The Morgan fingerprint density at radius 1 is 0.224 bits per heavy atom. The Hall–Kier alpha value is -1.24. The van der Waals surface area contributed by atoms with Gasteiger partial charge in [0.15, 0.2) is 37.7 Å². The fourth-order valence-corrected chi connectivity index (χ4v) is 7.99. The molecule has 0 unspecified atom stereocenters. The van der Waals surface area contributed by atoms with Gasteiger partial charge < -0.3 is 154 Å². The van der Waals surface area contributed by atoms with Gasteiger partial charge >= 0.3 is 0 Å². The van der Waals surface area contributed by atoms with Crippen LogP contribution in [0.25, 0.3) is 0 Å². The summed E-state index contributed by atoms with van der Waals surface area (Å²) in [6.07, 6.45) is -54.2. The lowest BCUT2D eigenvalue weighted by molar-refractivity contribution is -0.352. The highest BCUT2D eigenvalue weighted by Crippen LogP contribution is 2.31. The number of aliphatic hydroxyl groups excluding tert-OH is 20. The van der Waals surface area contributed by atoms with Crippen LogP contribution in [0, 0.1) is 0 Å². The second kappa shape index (κ2) is 23.5. The van der Waals surface area contributed by atoms with E-state index in [1.54, 1.807) is 0 Å². The molecule has 0 saturated carbocycles. The van der Waals surface area contributed by atoms with E-state index in [9.17, 15) is 102 Å². The zero-order valence-electron chi connectivity index (χ0n) is 35.0. The molecule has 6 heterocycles. The summed E-state index contributed by atoms with van der Waals surface area (Å²) in [5.41, 5.74) is 0. The number of aliphatic hydroxyl groups is 20. The van der Waals surface area contributed by atoms with Gasteiger partial charge in [0.2, 0.25) is 0 Å². The molecule has 6 rings (SSSR count). The minimum atomic E-state index is -2.01. The Labute approximate surface area is 378 Å². The van der Waals surface area contributed by atoms with Gasteiger partial charge in [-0.2, -0.15) is 0 Å². The number of hydrogen-bond acceptors (Lipinski definition) is 31. The average molecular weight is 991 g/mol. The summed E-state index contributed by atoms with van der Waals surface area (Å²) in [4.78, 5) is 0. The quantitative estimate of drug-likeness (QED) is 0.0683. The van der Waals surface area contributed by atoms with E-state index in [1.807, 2.05) is 0 Å². The normalized spacial score (nSPS) is 53.4. The lowest BCUT2D eigenvalue weighted by Crippen LogP contribution is -2.63. The molecule has 0 amide bonds. The highest BCUT2D eigenvalue weighted by Gasteiger charge is 2.52. The van der Waals surface area contributed by atoms with Crippen LogP contribution >= 0.6 is 0 Å². The van der Waals surface area contributed by atoms with E-state index in [4.69, 9.17) is 52.1 Å². The molecule has 0 aromatic heterocycles. The van der Waals surface area contributed by atoms with Crippen LogP contribution in [0.15, 0.2) is 0 Å². The number of hydrogen-bond donors (Lipinski definition) is 20. The molecule has 6 fully saturated rings. The molecule has 67 heavy (non-hydrogen) atoms. The fraction of sp³-hybridized carbons (Fsp3) is 1.00. The lowest BCUT2D eigenvalue weighted by atomic mass is 9.97. The predicted octanol–water partition coefficient (Wildman–Crippen LogP) is -14.1. The minimum absolute atomic E-state index is 0.692. The molecule has 30 atom stereocenters. The Kier molecular flexibility index (Phi) is 19.4. The predicted molar refractivity (Wildman–Crippen MR) is 199 cm³/mol. The molecule has 0 radical (unpaired) electrons. The molecule has 0 aromatic carbocycles. The largest absolute Gasteiger partial charge is 0.394 e. The summed E-state index contributed by atoms with van der Waals surface area (Å²) in [6.45, 7) is -4.51. The van der Waals surface area contributed by atoms with Crippen molar-refractivity contribution in [3.05, 3.63) is 0 Å². The summed E-state index contributed by atoms with van der Waals surface area (Å²) in [7, 11) is 0. The lowest BCUT2D eigenvalue weighted by Gasteiger charge is -2.44. The van der Waals surface area contributed by atoms with Gasteiger partial charge in [-0.15, -0.1) is 0 Å². The van der Waals surface area contributed by atoms with Crippen LogP contribution in [0.4, 0.5) is 0 Å². The molecule has 392 valence electrons. The zero-order valence-corrected chi connectivity index (χ0v) is 35.0. The van der Waals surface area contributed by atoms with Crippen molar-refractivity contribution in [2.24, 2.45) is 0 Å². The molecule has 0 aliphatic carbocycles. The zero-order chi connectivity index (χ0) is 49.3. The second-order valence-corrected chi connectivity index (χ2v) is 17.0. The third-order valence-electron chi connectivity index (χ3n) is 12.3. The molecule has 6 aliphatic heterocycles. The molecular formula is C36H62O31. The van der Waals surface area contributed by atoms with Crippen molar-refractivity contribution in [1.82, 2.24) is 0 Å². The minimum Gasteiger partial charge on any atom is -0.394 e. The average Bonchev–Trinajstić information content (AvgIpc) is 3.31. The first-order valence-corrected chi connectivity index (χ1v) is 21.1. The highest BCUT2D eigenvalue weighted by atomic mass is 16.8. The van der Waals surface area contributed by atoms with Gasteiger partial charge in [0.05, 0.1) is 39.6 Å².